The van der Waals surface area contributed by atoms with Gasteiger partial charge in [-0.3, -0.25) is 9.89 Å². The monoisotopic (exact) mass is 318 g/mol. The number of aromatic amines is 1. The Morgan fingerprint density at radius 3 is 2.86 bits per heavy atom. The second kappa shape index (κ2) is 6.50. The van der Waals surface area contributed by atoms with E-state index in [0.29, 0.717) is 16.8 Å². The Hall–Kier alpha value is -1.85. The average Bonchev–Trinajstić information content (AvgIpc) is 2.98. The molecule has 3 rings (SSSR count). The zero-order chi connectivity index (χ0) is 15.5. The Bertz CT molecular complexity index is 652. The van der Waals surface area contributed by atoms with Crippen LogP contribution in [-0.4, -0.2) is 34.7 Å². The van der Waals surface area contributed by atoms with Crippen molar-refractivity contribution in [3.05, 3.63) is 41.0 Å². The lowest BCUT2D eigenvalue weighted by atomic mass is 10.0. The highest BCUT2D eigenvalue weighted by Crippen LogP contribution is 2.20. The fourth-order valence-electron chi connectivity index (χ4n) is 2.73. The number of nitrogens with one attached hydrogen (secondary N) is 3. The summed E-state index contributed by atoms with van der Waals surface area (Å²) in [5.41, 5.74) is 2.15. The summed E-state index contributed by atoms with van der Waals surface area (Å²) in [5.74, 6) is -0.105. The van der Waals surface area contributed by atoms with Gasteiger partial charge >= 0.3 is 0 Å². The van der Waals surface area contributed by atoms with E-state index in [2.05, 4.69) is 27.8 Å². The average molecular weight is 319 g/mol. The van der Waals surface area contributed by atoms with Gasteiger partial charge in [0.15, 0.2) is 0 Å². The Labute approximate surface area is 134 Å². The number of piperidine rings is 1. The molecule has 116 valence electrons. The highest BCUT2D eigenvalue weighted by Gasteiger charge is 2.21. The molecule has 1 aromatic carbocycles. The van der Waals surface area contributed by atoms with Gasteiger partial charge in [-0.1, -0.05) is 23.7 Å². The number of carbonyl (C=O) groups excluding carboxylic acids is 1. The number of benzene rings is 1. The first-order valence-corrected chi connectivity index (χ1v) is 7.85. The third-order valence-electron chi connectivity index (χ3n) is 3.92. The quantitative estimate of drug-likeness (QED) is 0.814. The van der Waals surface area contributed by atoms with Gasteiger partial charge in [0, 0.05) is 22.7 Å². The molecule has 1 aliphatic heterocycles. The second-order valence-corrected chi connectivity index (χ2v) is 6.16. The first-order chi connectivity index (χ1) is 10.6. The van der Waals surface area contributed by atoms with Gasteiger partial charge in [-0.15, -0.1) is 0 Å². The van der Waals surface area contributed by atoms with Crippen LogP contribution in [0.3, 0.4) is 0 Å². The summed E-state index contributed by atoms with van der Waals surface area (Å²) in [6, 6.07) is 9.80. The van der Waals surface area contributed by atoms with E-state index in [1.807, 2.05) is 24.3 Å². The molecule has 0 radical (unpaired) electrons. The maximum absolute atomic E-state index is 12.3. The van der Waals surface area contributed by atoms with E-state index >= 15 is 0 Å². The van der Waals surface area contributed by atoms with E-state index in [9.17, 15) is 4.79 Å². The largest absolute Gasteiger partial charge is 0.348 e. The number of aromatic nitrogens is 2. The maximum atomic E-state index is 12.3. The Kier molecular flexibility index (Phi) is 4.45. The molecule has 1 amide bonds. The fraction of sp³-hybridized carbons (Fsp3) is 0.375. The minimum Gasteiger partial charge on any atom is -0.348 e. The molecule has 22 heavy (non-hydrogen) atoms. The molecule has 3 N–H and O–H groups in total. The molecule has 5 nitrogen and oxygen atoms in total. The van der Waals surface area contributed by atoms with E-state index in [1.54, 1.807) is 6.07 Å². The zero-order valence-electron chi connectivity index (χ0n) is 12.4. The van der Waals surface area contributed by atoms with Crippen LogP contribution >= 0.6 is 11.6 Å². The first kappa shape index (κ1) is 15.1. The van der Waals surface area contributed by atoms with Crippen molar-refractivity contribution in [2.24, 2.45) is 0 Å². The molecule has 2 heterocycles. The molecule has 2 atom stereocenters. The highest BCUT2D eigenvalue weighted by atomic mass is 35.5. The van der Waals surface area contributed by atoms with Gasteiger partial charge in [0.1, 0.15) is 5.69 Å². The van der Waals surface area contributed by atoms with Crippen LogP contribution in [0.5, 0.6) is 0 Å². The van der Waals surface area contributed by atoms with Gasteiger partial charge in [0.2, 0.25) is 0 Å². The summed E-state index contributed by atoms with van der Waals surface area (Å²) in [6.45, 7) is 3.07. The summed E-state index contributed by atoms with van der Waals surface area (Å²) < 4.78 is 0. The summed E-state index contributed by atoms with van der Waals surface area (Å²) in [5, 5.41) is 14.1. The van der Waals surface area contributed by atoms with E-state index in [1.165, 1.54) is 0 Å². The van der Waals surface area contributed by atoms with Gasteiger partial charge in [-0.2, -0.15) is 5.10 Å². The smallest absolute Gasteiger partial charge is 0.269 e. The Morgan fingerprint density at radius 2 is 2.14 bits per heavy atom. The standard InChI is InChI=1S/C16H19ClN4O/c1-10-8-13(6-7-18-10)19-16(22)15-9-14(20-21-15)11-2-4-12(17)5-3-11/h2-5,9-10,13,18H,6-8H2,1H3,(H,19,22)(H,20,21). The molecule has 0 aliphatic carbocycles. The van der Waals surface area contributed by atoms with Crippen molar-refractivity contribution in [2.45, 2.75) is 31.8 Å². The van der Waals surface area contributed by atoms with Gasteiger partial charge < -0.3 is 10.6 Å². The van der Waals surface area contributed by atoms with Gasteiger partial charge in [0.25, 0.3) is 5.91 Å². The number of nitrogens with zero attached hydrogens (tertiary/aromatic N) is 1. The SMILES string of the molecule is CC1CC(NC(=O)c2cc(-c3ccc(Cl)cc3)n[nH]2)CCN1. The van der Waals surface area contributed by atoms with Crippen LogP contribution in [0.4, 0.5) is 0 Å². The molecule has 1 aromatic heterocycles. The lowest BCUT2D eigenvalue weighted by molar-refractivity contribution is 0.0920. The van der Waals surface area contributed by atoms with Crippen molar-refractivity contribution in [1.82, 2.24) is 20.8 Å². The van der Waals surface area contributed by atoms with E-state index in [0.717, 1.165) is 30.6 Å². The molecule has 0 bridgehead atoms. The molecule has 1 fully saturated rings. The molecule has 6 heteroatoms. The Morgan fingerprint density at radius 1 is 1.36 bits per heavy atom. The van der Waals surface area contributed by atoms with E-state index in [-0.39, 0.29) is 11.9 Å². The summed E-state index contributed by atoms with van der Waals surface area (Å²) in [7, 11) is 0. The van der Waals surface area contributed by atoms with E-state index in [4.69, 9.17) is 11.6 Å². The molecule has 2 unspecified atom stereocenters. The summed E-state index contributed by atoms with van der Waals surface area (Å²) in [6.07, 6.45) is 1.90. The normalized spacial score (nSPS) is 21.5. The minimum atomic E-state index is -0.105. The van der Waals surface area contributed by atoms with Crippen LogP contribution in [0.2, 0.25) is 5.02 Å². The van der Waals surface area contributed by atoms with Crippen LogP contribution in [0, 0.1) is 0 Å². The van der Waals surface area contributed by atoms with Crippen molar-refractivity contribution in [2.75, 3.05) is 6.54 Å². The van der Waals surface area contributed by atoms with Crippen LogP contribution < -0.4 is 10.6 Å². The van der Waals surface area contributed by atoms with Crippen molar-refractivity contribution in [3.8, 4) is 11.3 Å². The second-order valence-electron chi connectivity index (χ2n) is 5.72. The van der Waals surface area contributed by atoms with Gasteiger partial charge in [-0.05, 0) is 44.5 Å². The molecule has 1 aliphatic rings. The van der Waals surface area contributed by atoms with Crippen LogP contribution in [0.25, 0.3) is 11.3 Å². The fourth-order valence-corrected chi connectivity index (χ4v) is 2.86. The number of carbonyl (C=O) groups is 1. The number of amides is 1. The number of rotatable bonds is 3. The predicted octanol–water partition coefficient (Wildman–Crippen LogP) is 2.60. The van der Waals surface area contributed by atoms with E-state index < -0.39 is 0 Å². The van der Waals surface area contributed by atoms with Crippen molar-refractivity contribution in [1.29, 1.82) is 0 Å². The number of hydrogen-bond donors (Lipinski definition) is 3. The van der Waals surface area contributed by atoms with Crippen LogP contribution in [0.15, 0.2) is 30.3 Å². The summed E-state index contributed by atoms with van der Waals surface area (Å²) in [4.78, 5) is 12.3. The lowest BCUT2D eigenvalue weighted by Crippen LogP contribution is -2.46. The molecule has 0 saturated carbocycles. The molecule has 1 saturated heterocycles. The molecule has 0 spiro atoms. The number of halogens is 1. The molecular weight excluding hydrogens is 300 g/mol. The first-order valence-electron chi connectivity index (χ1n) is 7.47. The topological polar surface area (TPSA) is 69.8 Å². The number of H-pyrrole nitrogens is 1. The third kappa shape index (κ3) is 3.48. The predicted molar refractivity (Wildman–Crippen MR) is 87.0 cm³/mol. The lowest BCUT2D eigenvalue weighted by Gasteiger charge is -2.28. The third-order valence-corrected chi connectivity index (χ3v) is 4.17. The minimum absolute atomic E-state index is 0.105. The summed E-state index contributed by atoms with van der Waals surface area (Å²) >= 11 is 5.88. The van der Waals surface area contributed by atoms with Gasteiger partial charge in [0.05, 0.1) is 5.69 Å². The van der Waals surface area contributed by atoms with Crippen molar-refractivity contribution < 1.29 is 4.79 Å². The van der Waals surface area contributed by atoms with Gasteiger partial charge in [-0.25, -0.2) is 0 Å². The number of hydrogen-bond acceptors (Lipinski definition) is 3. The van der Waals surface area contributed by atoms with Crippen molar-refractivity contribution in [3.63, 3.8) is 0 Å². The molecule has 2 aromatic rings. The van der Waals surface area contributed by atoms with Crippen molar-refractivity contribution >= 4 is 17.5 Å². The zero-order valence-corrected chi connectivity index (χ0v) is 13.2. The molecular formula is C16H19ClN4O. The highest BCUT2D eigenvalue weighted by molar-refractivity contribution is 6.30. The Balaban J connectivity index is 1.67. The van der Waals surface area contributed by atoms with Crippen LogP contribution in [0.1, 0.15) is 30.3 Å². The maximum Gasteiger partial charge on any atom is 0.269 e. The van der Waals surface area contributed by atoms with Crippen LogP contribution in [-0.2, 0) is 0 Å².